The van der Waals surface area contributed by atoms with E-state index in [1.54, 1.807) is 47.4 Å². The molecule has 0 saturated heterocycles. The molecule has 0 spiro atoms. The normalized spacial score (nSPS) is 11.2. The Morgan fingerprint density at radius 2 is 2.00 bits per heavy atom. The minimum Gasteiger partial charge on any atom is -0.465 e. The number of hydrogen-bond acceptors (Lipinski definition) is 6. The topological polar surface area (TPSA) is 90.3 Å². The predicted molar refractivity (Wildman–Crippen MR) is 90.0 cm³/mol. The molecule has 2 aromatic heterocycles. The van der Waals surface area contributed by atoms with Gasteiger partial charge in [0.05, 0.1) is 12.8 Å². The fourth-order valence-electron chi connectivity index (χ4n) is 2.06. The summed E-state index contributed by atoms with van der Waals surface area (Å²) in [7, 11) is -2.68. The molecule has 0 aliphatic carbocycles. The number of aromatic nitrogens is 2. The van der Waals surface area contributed by atoms with Crippen molar-refractivity contribution in [1.82, 2.24) is 9.78 Å². The number of ether oxygens (including phenoxy) is 1. The minimum absolute atomic E-state index is 0.0400. The highest BCUT2D eigenvalue weighted by molar-refractivity contribution is 7.93. The summed E-state index contributed by atoms with van der Waals surface area (Å²) >= 11 is 1.02. The lowest BCUT2D eigenvalue weighted by atomic mass is 10.3. The molecule has 2 heterocycles. The molecule has 0 amide bonds. The van der Waals surface area contributed by atoms with Crippen molar-refractivity contribution in [3.63, 3.8) is 0 Å². The molecule has 3 aromatic rings. The van der Waals surface area contributed by atoms with Gasteiger partial charge < -0.3 is 4.74 Å². The average molecular weight is 363 g/mol. The van der Waals surface area contributed by atoms with Crippen molar-refractivity contribution in [3.05, 3.63) is 59.0 Å². The third-order valence-corrected chi connectivity index (χ3v) is 5.63. The van der Waals surface area contributed by atoms with Crippen molar-refractivity contribution in [1.29, 1.82) is 0 Å². The molecule has 0 aliphatic rings. The summed E-state index contributed by atoms with van der Waals surface area (Å²) in [5.41, 5.74) is 1.18. The summed E-state index contributed by atoms with van der Waals surface area (Å²) in [4.78, 5) is 11.6. The maximum Gasteiger partial charge on any atom is 0.349 e. The van der Waals surface area contributed by atoms with Crippen molar-refractivity contribution in [2.45, 2.75) is 4.90 Å². The van der Waals surface area contributed by atoms with Crippen LogP contribution in [0.1, 0.15) is 9.67 Å². The van der Waals surface area contributed by atoms with Gasteiger partial charge >= 0.3 is 5.97 Å². The molecule has 7 nitrogen and oxygen atoms in total. The first-order valence-corrected chi connectivity index (χ1v) is 9.16. The lowest BCUT2D eigenvalue weighted by Crippen LogP contribution is -2.15. The Hall–Kier alpha value is -2.65. The van der Waals surface area contributed by atoms with E-state index in [0.717, 1.165) is 17.0 Å². The summed E-state index contributed by atoms with van der Waals surface area (Å²) in [5, 5.41) is 5.63. The molecule has 24 heavy (non-hydrogen) atoms. The van der Waals surface area contributed by atoms with Crippen LogP contribution in [0, 0.1) is 0 Å². The minimum atomic E-state index is -3.89. The number of carbonyl (C=O) groups excluding carboxylic acids is 1. The Balaban J connectivity index is 1.85. The smallest absolute Gasteiger partial charge is 0.349 e. The van der Waals surface area contributed by atoms with Crippen LogP contribution in [0.25, 0.3) is 5.69 Å². The van der Waals surface area contributed by atoms with Gasteiger partial charge in [0.2, 0.25) is 0 Å². The van der Waals surface area contributed by atoms with Crippen molar-refractivity contribution in [2.24, 2.45) is 0 Å². The Morgan fingerprint density at radius 3 is 2.62 bits per heavy atom. The first kappa shape index (κ1) is 16.2. The number of rotatable bonds is 5. The first-order valence-electron chi connectivity index (χ1n) is 6.80. The lowest BCUT2D eigenvalue weighted by Gasteiger charge is -2.09. The number of carbonyl (C=O) groups is 1. The van der Waals surface area contributed by atoms with E-state index >= 15 is 0 Å². The van der Waals surface area contributed by atoms with E-state index < -0.39 is 16.0 Å². The summed E-state index contributed by atoms with van der Waals surface area (Å²) in [6, 6.07) is 9.88. The number of esters is 1. The van der Waals surface area contributed by atoms with Crippen LogP contribution in [-0.4, -0.2) is 31.3 Å². The second-order valence-corrected chi connectivity index (χ2v) is 7.28. The van der Waals surface area contributed by atoms with Crippen molar-refractivity contribution < 1.29 is 17.9 Å². The summed E-state index contributed by atoms with van der Waals surface area (Å²) in [6.07, 6.45) is 3.44. The number of sulfonamides is 1. The van der Waals surface area contributed by atoms with Crippen molar-refractivity contribution >= 4 is 33.0 Å². The van der Waals surface area contributed by atoms with Gasteiger partial charge in [0.25, 0.3) is 10.0 Å². The number of nitrogens with one attached hydrogen (secondary N) is 1. The Kier molecular flexibility index (Phi) is 4.36. The van der Waals surface area contributed by atoms with Gasteiger partial charge in [-0.1, -0.05) is 0 Å². The van der Waals surface area contributed by atoms with E-state index in [9.17, 15) is 13.2 Å². The standard InChI is InChI=1S/C15H13N3O4S2/c1-22-15(19)14-13(7-10-23-14)24(20,21)17-11-3-5-12(6-4-11)18-9-2-8-16-18/h2-10,17H,1H3. The molecule has 0 unspecified atom stereocenters. The van der Waals surface area contributed by atoms with Gasteiger partial charge in [-0.15, -0.1) is 11.3 Å². The van der Waals surface area contributed by atoms with Crippen LogP contribution in [0.2, 0.25) is 0 Å². The zero-order valence-electron chi connectivity index (χ0n) is 12.5. The van der Waals surface area contributed by atoms with Gasteiger partial charge in [0.15, 0.2) is 0 Å². The molecule has 0 fully saturated rings. The predicted octanol–water partition coefficient (Wildman–Crippen LogP) is 2.52. The number of methoxy groups -OCH3 is 1. The highest BCUT2D eigenvalue weighted by Crippen LogP contribution is 2.25. The van der Waals surface area contributed by atoms with Gasteiger partial charge in [0.1, 0.15) is 9.77 Å². The fraction of sp³-hybridized carbons (Fsp3) is 0.0667. The highest BCUT2D eigenvalue weighted by atomic mass is 32.2. The van der Waals surface area contributed by atoms with Gasteiger partial charge in [-0.25, -0.2) is 17.9 Å². The maximum absolute atomic E-state index is 12.5. The third-order valence-electron chi connectivity index (χ3n) is 3.18. The molecule has 124 valence electrons. The third kappa shape index (κ3) is 3.17. The number of benzene rings is 1. The second-order valence-electron chi connectivity index (χ2n) is 4.71. The van der Waals surface area contributed by atoms with Crippen LogP contribution in [0.4, 0.5) is 5.69 Å². The zero-order chi connectivity index (χ0) is 17.2. The number of hydrogen-bond donors (Lipinski definition) is 1. The van der Waals surface area contributed by atoms with Crippen molar-refractivity contribution in [3.8, 4) is 5.69 Å². The molecule has 1 aromatic carbocycles. The fourth-order valence-corrected chi connectivity index (χ4v) is 4.46. The van der Waals surface area contributed by atoms with E-state index in [1.807, 2.05) is 0 Å². The van der Waals surface area contributed by atoms with Gasteiger partial charge in [-0.05, 0) is 41.8 Å². The molecule has 0 atom stereocenters. The molecule has 9 heteroatoms. The van der Waals surface area contributed by atoms with E-state index in [1.165, 1.54) is 18.6 Å². The van der Waals surface area contributed by atoms with Crippen molar-refractivity contribution in [2.75, 3.05) is 11.8 Å². The average Bonchev–Trinajstić information content (AvgIpc) is 3.26. The molecule has 0 radical (unpaired) electrons. The van der Waals surface area contributed by atoms with Gasteiger partial charge in [-0.2, -0.15) is 5.10 Å². The summed E-state index contributed by atoms with van der Waals surface area (Å²) in [6.45, 7) is 0. The molecular weight excluding hydrogens is 350 g/mol. The Bertz CT molecular complexity index is 945. The molecule has 3 rings (SSSR count). The van der Waals surface area contributed by atoms with E-state index in [2.05, 4.69) is 14.6 Å². The number of nitrogens with zero attached hydrogens (tertiary/aromatic N) is 2. The largest absolute Gasteiger partial charge is 0.465 e. The van der Waals surface area contributed by atoms with Gasteiger partial charge in [-0.3, -0.25) is 4.72 Å². The van der Waals surface area contributed by atoms with Crippen LogP contribution in [0.5, 0.6) is 0 Å². The first-order chi connectivity index (χ1) is 11.5. The Morgan fingerprint density at radius 1 is 1.25 bits per heavy atom. The molecule has 0 saturated carbocycles. The van der Waals surface area contributed by atoms with E-state index in [4.69, 9.17) is 0 Å². The number of thiophene rings is 1. The summed E-state index contributed by atoms with van der Waals surface area (Å²) < 4.78 is 33.7. The maximum atomic E-state index is 12.5. The molecule has 0 bridgehead atoms. The molecular formula is C15H13N3O4S2. The quantitative estimate of drug-likeness (QED) is 0.704. The van der Waals surface area contributed by atoms with E-state index in [-0.39, 0.29) is 9.77 Å². The molecule has 1 N–H and O–H groups in total. The highest BCUT2D eigenvalue weighted by Gasteiger charge is 2.24. The van der Waals surface area contributed by atoms with Crippen LogP contribution in [0.15, 0.2) is 59.1 Å². The zero-order valence-corrected chi connectivity index (χ0v) is 14.2. The second kappa shape index (κ2) is 6.46. The van der Waals surface area contributed by atoms with Crippen LogP contribution in [-0.2, 0) is 14.8 Å². The SMILES string of the molecule is COC(=O)c1sccc1S(=O)(=O)Nc1ccc(-n2cccn2)cc1. The van der Waals surface area contributed by atoms with Crippen LogP contribution < -0.4 is 4.72 Å². The number of anilines is 1. The molecule has 0 aliphatic heterocycles. The van der Waals surface area contributed by atoms with Gasteiger partial charge in [0, 0.05) is 18.1 Å². The Labute approximate surface area is 142 Å². The van der Waals surface area contributed by atoms with Crippen LogP contribution >= 0.6 is 11.3 Å². The van der Waals surface area contributed by atoms with Crippen LogP contribution in [0.3, 0.4) is 0 Å². The van der Waals surface area contributed by atoms with E-state index in [0.29, 0.717) is 5.69 Å². The monoisotopic (exact) mass is 363 g/mol. The summed E-state index contributed by atoms with van der Waals surface area (Å²) in [5.74, 6) is -0.681. The lowest BCUT2D eigenvalue weighted by molar-refractivity contribution is 0.0602.